The molecule has 0 aliphatic rings. The largest absolute Gasteiger partial charge is 0.478 e. The molecule has 0 unspecified atom stereocenters. The maximum Gasteiger partial charge on any atom is 0.335 e. The van der Waals surface area contributed by atoms with Crippen LogP contribution in [0.4, 0.5) is 11.4 Å². The molecule has 21 heavy (non-hydrogen) atoms. The summed E-state index contributed by atoms with van der Waals surface area (Å²) < 4.78 is 0. The van der Waals surface area contributed by atoms with Crippen LogP contribution in [0.5, 0.6) is 0 Å². The first-order valence-electron chi connectivity index (χ1n) is 6.78. The Kier molecular flexibility index (Phi) is 4.17. The van der Waals surface area contributed by atoms with Crippen molar-refractivity contribution in [3.63, 3.8) is 0 Å². The second-order valence-electron chi connectivity index (χ2n) is 5.35. The van der Waals surface area contributed by atoms with E-state index in [1.165, 1.54) is 22.8 Å². The minimum Gasteiger partial charge on any atom is -0.478 e. The average molecular weight is 284 g/mol. The molecule has 0 heterocycles. The molecule has 110 valence electrons. The number of hydrogen-bond donors (Lipinski definition) is 2. The van der Waals surface area contributed by atoms with Crippen LogP contribution in [0.1, 0.15) is 27.0 Å². The number of nitrogens with two attached hydrogens (primary N) is 1. The summed E-state index contributed by atoms with van der Waals surface area (Å²) in [6.45, 7) is 4.90. The van der Waals surface area contributed by atoms with Gasteiger partial charge in [-0.15, -0.1) is 0 Å². The van der Waals surface area contributed by atoms with Gasteiger partial charge in [0.15, 0.2) is 0 Å². The Morgan fingerprint density at radius 1 is 1.14 bits per heavy atom. The van der Waals surface area contributed by atoms with Crippen LogP contribution >= 0.6 is 0 Å². The van der Waals surface area contributed by atoms with E-state index < -0.39 is 5.97 Å². The maximum absolute atomic E-state index is 10.9. The van der Waals surface area contributed by atoms with Crippen molar-refractivity contribution in [3.8, 4) is 0 Å². The highest BCUT2D eigenvalue weighted by Gasteiger charge is 2.10. The molecule has 0 aromatic heterocycles. The number of rotatable bonds is 4. The fourth-order valence-electron chi connectivity index (χ4n) is 2.30. The molecule has 0 spiro atoms. The van der Waals surface area contributed by atoms with Crippen LogP contribution in [0.25, 0.3) is 0 Å². The minimum absolute atomic E-state index is 0.204. The SMILES string of the molecule is Cc1ccc(CN(C)c2ccc(C(=O)O)cc2N)cc1C. The van der Waals surface area contributed by atoms with Crippen molar-refractivity contribution in [3.05, 3.63) is 58.7 Å². The molecule has 2 aromatic rings. The van der Waals surface area contributed by atoms with Crippen molar-refractivity contribution in [2.45, 2.75) is 20.4 Å². The van der Waals surface area contributed by atoms with E-state index in [1.807, 2.05) is 11.9 Å². The number of nitrogens with zero attached hydrogens (tertiary/aromatic N) is 1. The van der Waals surface area contributed by atoms with Gasteiger partial charge in [-0.1, -0.05) is 18.2 Å². The van der Waals surface area contributed by atoms with Gasteiger partial charge < -0.3 is 15.7 Å². The van der Waals surface area contributed by atoms with E-state index in [0.29, 0.717) is 5.69 Å². The summed E-state index contributed by atoms with van der Waals surface area (Å²) in [4.78, 5) is 12.9. The Morgan fingerprint density at radius 2 is 1.86 bits per heavy atom. The fourth-order valence-corrected chi connectivity index (χ4v) is 2.30. The molecule has 0 bridgehead atoms. The molecule has 0 saturated heterocycles. The number of hydrogen-bond acceptors (Lipinski definition) is 3. The third kappa shape index (κ3) is 3.34. The van der Waals surface area contributed by atoms with E-state index >= 15 is 0 Å². The van der Waals surface area contributed by atoms with Crippen molar-refractivity contribution in [1.29, 1.82) is 0 Å². The monoisotopic (exact) mass is 284 g/mol. The zero-order chi connectivity index (χ0) is 15.6. The molecule has 3 N–H and O–H groups in total. The molecular weight excluding hydrogens is 264 g/mol. The van der Waals surface area contributed by atoms with Gasteiger partial charge in [-0.25, -0.2) is 4.79 Å². The number of aryl methyl sites for hydroxylation is 2. The quantitative estimate of drug-likeness (QED) is 0.846. The number of carboxylic acid groups (broad SMARTS) is 1. The molecule has 0 aliphatic carbocycles. The molecule has 0 fully saturated rings. The van der Waals surface area contributed by atoms with Crippen LogP contribution in [0, 0.1) is 13.8 Å². The number of aromatic carboxylic acids is 1. The summed E-state index contributed by atoms with van der Waals surface area (Å²) in [5.74, 6) is -0.968. The van der Waals surface area contributed by atoms with Gasteiger partial charge in [-0.3, -0.25) is 0 Å². The molecule has 0 saturated carbocycles. The minimum atomic E-state index is -0.968. The topological polar surface area (TPSA) is 66.6 Å². The predicted octanol–water partition coefficient (Wildman–Crippen LogP) is 3.22. The lowest BCUT2D eigenvalue weighted by molar-refractivity contribution is 0.0697. The molecule has 4 nitrogen and oxygen atoms in total. The smallest absolute Gasteiger partial charge is 0.335 e. The Morgan fingerprint density at radius 3 is 2.43 bits per heavy atom. The first kappa shape index (κ1) is 14.9. The third-order valence-electron chi connectivity index (χ3n) is 3.68. The summed E-state index contributed by atoms with van der Waals surface area (Å²) >= 11 is 0. The Labute approximate surface area is 124 Å². The van der Waals surface area contributed by atoms with Crippen LogP contribution in [0.15, 0.2) is 36.4 Å². The molecular formula is C17H20N2O2. The lowest BCUT2D eigenvalue weighted by atomic mass is 10.1. The Balaban J connectivity index is 2.21. The zero-order valence-corrected chi connectivity index (χ0v) is 12.6. The van der Waals surface area contributed by atoms with Crippen LogP contribution in [0.2, 0.25) is 0 Å². The number of anilines is 2. The normalized spacial score (nSPS) is 10.4. The molecule has 2 rings (SSSR count). The highest BCUT2D eigenvalue weighted by atomic mass is 16.4. The Hall–Kier alpha value is -2.49. The van der Waals surface area contributed by atoms with E-state index in [1.54, 1.807) is 12.1 Å². The van der Waals surface area contributed by atoms with Crippen molar-refractivity contribution in [2.24, 2.45) is 0 Å². The van der Waals surface area contributed by atoms with Gasteiger partial charge in [-0.2, -0.15) is 0 Å². The molecule has 0 radical (unpaired) electrons. The summed E-state index contributed by atoms with van der Waals surface area (Å²) in [5, 5.41) is 8.96. The summed E-state index contributed by atoms with van der Waals surface area (Å²) in [5.41, 5.74) is 11.2. The number of nitrogen functional groups attached to an aromatic ring is 1. The summed E-state index contributed by atoms with van der Waals surface area (Å²) in [6, 6.07) is 11.2. The second kappa shape index (κ2) is 5.87. The fraction of sp³-hybridized carbons (Fsp3) is 0.235. The molecule has 2 aromatic carbocycles. The van der Waals surface area contributed by atoms with E-state index in [0.717, 1.165) is 12.2 Å². The summed E-state index contributed by atoms with van der Waals surface area (Å²) in [7, 11) is 1.95. The first-order chi connectivity index (χ1) is 9.88. The molecule has 0 atom stereocenters. The Bertz CT molecular complexity index is 680. The van der Waals surface area contributed by atoms with Gasteiger partial charge in [-0.05, 0) is 48.7 Å². The van der Waals surface area contributed by atoms with Crippen molar-refractivity contribution in [2.75, 3.05) is 17.7 Å². The van der Waals surface area contributed by atoms with Gasteiger partial charge >= 0.3 is 5.97 Å². The van der Waals surface area contributed by atoms with Crippen LogP contribution in [0.3, 0.4) is 0 Å². The number of benzene rings is 2. The lowest BCUT2D eigenvalue weighted by Gasteiger charge is -2.22. The molecule has 4 heteroatoms. The number of carbonyl (C=O) groups is 1. The van der Waals surface area contributed by atoms with E-state index in [2.05, 4.69) is 32.0 Å². The van der Waals surface area contributed by atoms with Gasteiger partial charge in [0.2, 0.25) is 0 Å². The van der Waals surface area contributed by atoms with Gasteiger partial charge in [0, 0.05) is 13.6 Å². The number of carboxylic acids is 1. The third-order valence-corrected chi connectivity index (χ3v) is 3.68. The molecule has 0 aliphatic heterocycles. The predicted molar refractivity (Wildman–Crippen MR) is 85.8 cm³/mol. The first-order valence-corrected chi connectivity index (χ1v) is 6.78. The lowest BCUT2D eigenvalue weighted by Crippen LogP contribution is -2.18. The van der Waals surface area contributed by atoms with Crippen LogP contribution in [-0.2, 0) is 6.54 Å². The molecule has 0 amide bonds. The van der Waals surface area contributed by atoms with Gasteiger partial charge in [0.05, 0.1) is 16.9 Å². The van der Waals surface area contributed by atoms with E-state index in [-0.39, 0.29) is 5.56 Å². The average Bonchev–Trinajstić information content (AvgIpc) is 2.42. The van der Waals surface area contributed by atoms with E-state index in [4.69, 9.17) is 10.8 Å². The standard InChI is InChI=1S/C17H20N2O2/c1-11-4-5-13(8-12(11)2)10-19(3)16-7-6-14(17(20)21)9-15(16)18/h4-9H,10,18H2,1-3H3,(H,20,21). The van der Waals surface area contributed by atoms with E-state index in [9.17, 15) is 4.79 Å². The second-order valence-corrected chi connectivity index (χ2v) is 5.35. The van der Waals surface area contributed by atoms with Crippen molar-refractivity contribution < 1.29 is 9.90 Å². The summed E-state index contributed by atoms with van der Waals surface area (Å²) in [6.07, 6.45) is 0. The van der Waals surface area contributed by atoms with Gasteiger partial charge in [0.1, 0.15) is 0 Å². The van der Waals surface area contributed by atoms with Crippen LogP contribution in [-0.4, -0.2) is 18.1 Å². The van der Waals surface area contributed by atoms with Crippen LogP contribution < -0.4 is 10.6 Å². The van der Waals surface area contributed by atoms with Gasteiger partial charge in [0.25, 0.3) is 0 Å². The highest BCUT2D eigenvalue weighted by molar-refractivity contribution is 5.90. The maximum atomic E-state index is 10.9. The van der Waals surface area contributed by atoms with Crippen molar-refractivity contribution in [1.82, 2.24) is 0 Å². The zero-order valence-electron chi connectivity index (χ0n) is 12.6. The van der Waals surface area contributed by atoms with Crippen molar-refractivity contribution >= 4 is 17.3 Å². The highest BCUT2D eigenvalue weighted by Crippen LogP contribution is 2.25.